The molecule has 0 saturated carbocycles. The number of hydrogen-bond donors (Lipinski definition) is 1. The van der Waals surface area contributed by atoms with Gasteiger partial charge in [0.1, 0.15) is 5.69 Å². The van der Waals surface area contributed by atoms with Gasteiger partial charge in [-0.25, -0.2) is 4.79 Å². The van der Waals surface area contributed by atoms with Gasteiger partial charge in [-0.2, -0.15) is 0 Å². The van der Waals surface area contributed by atoms with Gasteiger partial charge in [-0.05, 0) is 26.6 Å². The third-order valence-corrected chi connectivity index (χ3v) is 2.22. The van der Waals surface area contributed by atoms with Crippen LogP contribution in [0.15, 0.2) is 12.3 Å². The number of aryl methyl sites for hydroxylation is 1. The summed E-state index contributed by atoms with van der Waals surface area (Å²) in [6.45, 7) is 1.34. The van der Waals surface area contributed by atoms with Crippen molar-refractivity contribution in [2.24, 2.45) is 7.05 Å². The molecule has 1 aromatic heterocycles. The fraction of sp³-hybridized carbons (Fsp3) is 0.545. The fourth-order valence-corrected chi connectivity index (χ4v) is 1.41. The summed E-state index contributed by atoms with van der Waals surface area (Å²) in [5, 5.41) is 0. The van der Waals surface area contributed by atoms with Crippen molar-refractivity contribution in [2.75, 3.05) is 33.0 Å². The minimum absolute atomic E-state index is 0.321. The Morgan fingerprint density at radius 3 is 2.75 bits per heavy atom. The molecule has 1 aromatic rings. The molecule has 0 amide bonds. The molecular formula is C11H19N3O2. The maximum Gasteiger partial charge on any atom is 0.355 e. The molecule has 0 fully saturated rings. The first kappa shape index (κ1) is 12.6. The summed E-state index contributed by atoms with van der Waals surface area (Å²) in [6.07, 6.45) is 2.52. The van der Waals surface area contributed by atoms with Crippen LogP contribution in [0.3, 0.4) is 0 Å². The molecule has 0 atom stereocenters. The van der Waals surface area contributed by atoms with Crippen LogP contribution in [0.5, 0.6) is 0 Å². The number of anilines is 1. The van der Waals surface area contributed by atoms with Crippen molar-refractivity contribution in [3.05, 3.63) is 18.0 Å². The third kappa shape index (κ3) is 3.58. The largest absolute Gasteiger partial charge is 0.461 e. The van der Waals surface area contributed by atoms with E-state index < -0.39 is 0 Å². The molecule has 90 valence electrons. The van der Waals surface area contributed by atoms with Crippen LogP contribution in [0.1, 0.15) is 16.9 Å². The summed E-state index contributed by atoms with van der Waals surface area (Å²) in [5.41, 5.74) is 6.64. The van der Waals surface area contributed by atoms with Crippen molar-refractivity contribution in [2.45, 2.75) is 6.42 Å². The zero-order chi connectivity index (χ0) is 12.1. The summed E-state index contributed by atoms with van der Waals surface area (Å²) in [5.74, 6) is -0.321. The van der Waals surface area contributed by atoms with E-state index in [1.54, 1.807) is 23.9 Å². The van der Waals surface area contributed by atoms with Crippen LogP contribution in [0.4, 0.5) is 5.69 Å². The Labute approximate surface area is 95.8 Å². The van der Waals surface area contributed by atoms with Crippen LogP contribution < -0.4 is 5.73 Å². The summed E-state index contributed by atoms with van der Waals surface area (Å²) in [7, 11) is 5.74. The molecule has 0 radical (unpaired) electrons. The first-order chi connectivity index (χ1) is 7.50. The number of hydrogen-bond acceptors (Lipinski definition) is 4. The van der Waals surface area contributed by atoms with E-state index in [2.05, 4.69) is 0 Å². The normalized spacial score (nSPS) is 10.8. The monoisotopic (exact) mass is 225 g/mol. The van der Waals surface area contributed by atoms with Gasteiger partial charge >= 0.3 is 5.97 Å². The lowest BCUT2D eigenvalue weighted by molar-refractivity contribution is 0.0482. The van der Waals surface area contributed by atoms with Gasteiger partial charge in [-0.15, -0.1) is 0 Å². The quantitative estimate of drug-likeness (QED) is 0.592. The highest BCUT2D eigenvalue weighted by molar-refractivity contribution is 5.89. The molecule has 0 spiro atoms. The second-order valence-corrected chi connectivity index (χ2v) is 4.06. The highest BCUT2D eigenvalue weighted by Gasteiger charge is 2.11. The van der Waals surface area contributed by atoms with E-state index in [0.29, 0.717) is 18.0 Å². The van der Waals surface area contributed by atoms with E-state index in [1.165, 1.54) is 0 Å². The number of esters is 1. The average molecular weight is 225 g/mol. The Balaban J connectivity index is 2.38. The summed E-state index contributed by atoms with van der Waals surface area (Å²) >= 11 is 0. The van der Waals surface area contributed by atoms with Gasteiger partial charge in [-0.3, -0.25) is 0 Å². The smallest absolute Gasteiger partial charge is 0.355 e. The number of ether oxygens (including phenoxy) is 1. The van der Waals surface area contributed by atoms with E-state index in [4.69, 9.17) is 10.5 Å². The van der Waals surface area contributed by atoms with Crippen molar-refractivity contribution in [3.8, 4) is 0 Å². The minimum Gasteiger partial charge on any atom is -0.461 e. The molecular weight excluding hydrogens is 206 g/mol. The lowest BCUT2D eigenvalue weighted by Crippen LogP contribution is -2.17. The Morgan fingerprint density at radius 2 is 2.25 bits per heavy atom. The minimum atomic E-state index is -0.321. The van der Waals surface area contributed by atoms with Crippen LogP contribution in [0.25, 0.3) is 0 Å². The van der Waals surface area contributed by atoms with E-state index in [0.717, 1.165) is 13.0 Å². The highest BCUT2D eigenvalue weighted by atomic mass is 16.5. The molecule has 0 aliphatic rings. The maximum atomic E-state index is 11.6. The predicted molar refractivity (Wildman–Crippen MR) is 63.3 cm³/mol. The van der Waals surface area contributed by atoms with Crippen molar-refractivity contribution < 1.29 is 9.53 Å². The lowest BCUT2D eigenvalue weighted by Gasteiger charge is -2.09. The molecule has 0 aromatic carbocycles. The summed E-state index contributed by atoms with van der Waals surface area (Å²) in [4.78, 5) is 13.7. The van der Waals surface area contributed by atoms with Crippen molar-refractivity contribution in [1.29, 1.82) is 0 Å². The van der Waals surface area contributed by atoms with Crippen molar-refractivity contribution in [1.82, 2.24) is 9.47 Å². The lowest BCUT2D eigenvalue weighted by atomic mass is 10.4. The number of nitrogen functional groups attached to an aromatic ring is 1. The van der Waals surface area contributed by atoms with Gasteiger partial charge in [0.15, 0.2) is 0 Å². The van der Waals surface area contributed by atoms with Crippen molar-refractivity contribution in [3.63, 3.8) is 0 Å². The second-order valence-electron chi connectivity index (χ2n) is 4.06. The molecule has 16 heavy (non-hydrogen) atoms. The SMILES string of the molecule is CN(C)CCCOC(=O)c1cc(N)cn1C. The standard InChI is InChI=1S/C11H19N3O2/c1-13(2)5-4-6-16-11(15)10-7-9(12)8-14(10)3/h7-8H,4-6,12H2,1-3H3. The van der Waals surface area contributed by atoms with Crippen LogP contribution in [0, 0.1) is 0 Å². The number of aromatic nitrogens is 1. The molecule has 0 aliphatic carbocycles. The first-order valence-corrected chi connectivity index (χ1v) is 5.24. The van der Waals surface area contributed by atoms with E-state index >= 15 is 0 Å². The van der Waals surface area contributed by atoms with Gasteiger partial charge in [0, 0.05) is 19.8 Å². The molecule has 0 unspecified atom stereocenters. The number of nitrogens with zero attached hydrogens (tertiary/aromatic N) is 2. The highest BCUT2D eigenvalue weighted by Crippen LogP contribution is 2.09. The fourth-order valence-electron chi connectivity index (χ4n) is 1.41. The van der Waals surface area contributed by atoms with Gasteiger partial charge in [-0.1, -0.05) is 0 Å². The van der Waals surface area contributed by atoms with Crippen LogP contribution >= 0.6 is 0 Å². The van der Waals surface area contributed by atoms with Gasteiger partial charge in [0.2, 0.25) is 0 Å². The molecule has 1 rings (SSSR count). The van der Waals surface area contributed by atoms with E-state index in [-0.39, 0.29) is 5.97 Å². The third-order valence-electron chi connectivity index (χ3n) is 2.22. The van der Waals surface area contributed by atoms with Gasteiger partial charge < -0.3 is 19.9 Å². The number of carbonyl (C=O) groups excluding carboxylic acids is 1. The van der Waals surface area contributed by atoms with Gasteiger partial charge in [0.25, 0.3) is 0 Å². The molecule has 0 bridgehead atoms. The zero-order valence-electron chi connectivity index (χ0n) is 10.1. The molecule has 2 N–H and O–H groups in total. The Bertz CT molecular complexity index is 358. The predicted octanol–water partition coefficient (Wildman–Crippen LogP) is 0.716. The number of nitrogens with two attached hydrogens (primary N) is 1. The number of rotatable bonds is 5. The first-order valence-electron chi connectivity index (χ1n) is 5.24. The molecule has 5 nitrogen and oxygen atoms in total. The second kappa shape index (κ2) is 5.55. The number of carbonyl (C=O) groups is 1. The Kier molecular flexibility index (Phi) is 4.37. The average Bonchev–Trinajstić information content (AvgIpc) is 2.52. The Hall–Kier alpha value is -1.49. The van der Waals surface area contributed by atoms with E-state index in [9.17, 15) is 4.79 Å². The Morgan fingerprint density at radius 1 is 1.56 bits per heavy atom. The zero-order valence-corrected chi connectivity index (χ0v) is 10.1. The molecule has 0 aliphatic heterocycles. The van der Waals surface area contributed by atoms with E-state index in [1.807, 2.05) is 19.0 Å². The molecule has 1 heterocycles. The summed E-state index contributed by atoms with van der Waals surface area (Å²) in [6, 6.07) is 1.62. The topological polar surface area (TPSA) is 60.5 Å². The summed E-state index contributed by atoms with van der Waals surface area (Å²) < 4.78 is 6.80. The van der Waals surface area contributed by atoms with Crippen LogP contribution in [-0.2, 0) is 11.8 Å². The maximum absolute atomic E-state index is 11.6. The van der Waals surface area contributed by atoms with Crippen molar-refractivity contribution >= 4 is 11.7 Å². The van der Waals surface area contributed by atoms with Crippen LogP contribution in [-0.4, -0.2) is 42.7 Å². The molecule has 5 heteroatoms. The van der Waals surface area contributed by atoms with Gasteiger partial charge in [0.05, 0.1) is 12.3 Å². The van der Waals surface area contributed by atoms with Crippen LogP contribution in [0.2, 0.25) is 0 Å². The molecule has 0 saturated heterocycles.